The Hall–Kier alpha value is -2.69. The summed E-state index contributed by atoms with van der Waals surface area (Å²) in [5.41, 5.74) is 0. The molecule has 1 atom stereocenters. The maximum atomic E-state index is 10.3. The fraction of sp³-hybridized carbons (Fsp3) is 0.857. The van der Waals surface area contributed by atoms with Crippen molar-refractivity contribution in [3.63, 3.8) is 0 Å². The topological polar surface area (TPSA) is 274 Å². The molecule has 1 unspecified atom stereocenters. The van der Waals surface area contributed by atoms with Crippen molar-refractivity contribution in [3.8, 4) is 0 Å². The normalized spacial score (nSPS) is 11.3. The fourth-order valence-corrected chi connectivity index (χ4v) is 7.16. The lowest BCUT2D eigenvalue weighted by Crippen LogP contribution is -2.15. The zero-order valence-corrected chi connectivity index (χ0v) is 50.1. The third-order valence-corrected chi connectivity index (χ3v) is 12.1. The Bertz CT molecular complexity index is 1040. The van der Waals surface area contributed by atoms with Crippen LogP contribution in [0.3, 0.4) is 0 Å². The Morgan fingerprint density at radius 3 is 0.571 bits per heavy atom. The van der Waals surface area contributed by atoms with Crippen molar-refractivity contribution in [2.45, 2.75) is 316 Å². The monoisotopic (exact) mass is 1110 g/mol. The molecule has 0 aliphatic rings. The molecule has 0 aromatic heterocycles. The molecule has 0 fully saturated rings. The molecule has 11 N–H and O–H groups in total. The number of hydrogen-bond acceptors (Lipinski definition) is 11. The Labute approximate surface area is 472 Å². The average Bonchev–Trinajstić information content (AvgIpc) is 3.42. The van der Waals surface area contributed by atoms with Crippen LogP contribution in [0.2, 0.25) is 0 Å². The van der Waals surface area contributed by atoms with Crippen LogP contribution in [0.5, 0.6) is 0 Å². The zero-order valence-electron chi connectivity index (χ0n) is 50.1. The summed E-state index contributed by atoms with van der Waals surface area (Å²) in [7, 11) is 0. The number of aliphatic hydroxyl groups excluding tert-OH is 8. The lowest BCUT2D eigenvalue weighted by atomic mass is 10.1. The summed E-state index contributed by atoms with van der Waals surface area (Å²) in [5, 5.41) is 89.6. The molecule has 0 heterocycles. The summed E-state index contributed by atoms with van der Waals surface area (Å²) in [6, 6.07) is 0. The minimum Gasteiger partial charge on any atom is -0.481 e. The van der Waals surface area contributed by atoms with Gasteiger partial charge in [0.2, 0.25) is 0 Å². The van der Waals surface area contributed by atoms with Crippen molar-refractivity contribution < 1.29 is 70.6 Å². The van der Waals surface area contributed by atoms with E-state index in [4.69, 9.17) is 56.2 Å². The molecule has 14 heteroatoms. The van der Waals surface area contributed by atoms with Gasteiger partial charge in [0.1, 0.15) is 12.2 Å². The molecule has 462 valence electrons. The molecular weight excluding hydrogens is 981 g/mol. The largest absolute Gasteiger partial charge is 0.481 e. The van der Waals surface area contributed by atoms with Gasteiger partial charge >= 0.3 is 17.9 Å². The lowest BCUT2D eigenvalue weighted by Gasteiger charge is -1.99. The van der Waals surface area contributed by atoms with Gasteiger partial charge in [0.05, 0.1) is 39.1 Å². The Balaban J connectivity index is -0.000000212. The molecule has 0 bridgehead atoms. The number of aliphatic hydroxyl groups is 8. The molecule has 0 rings (SSSR count). The second-order valence-corrected chi connectivity index (χ2v) is 20.3. The number of aliphatic carboxylic acids is 3. The van der Waals surface area contributed by atoms with Crippen LogP contribution in [-0.2, 0) is 14.4 Å². The summed E-state index contributed by atoms with van der Waals surface area (Å²) in [5.74, 6) is -1.99. The van der Waals surface area contributed by atoms with Crippen LogP contribution in [-0.4, -0.2) is 125 Å². The van der Waals surface area contributed by atoms with Crippen molar-refractivity contribution in [1.82, 2.24) is 0 Å². The summed E-state index contributed by atoms with van der Waals surface area (Å²) in [6.07, 6.45) is 61.3. The highest BCUT2D eigenvalue weighted by atomic mass is 16.4. The first-order valence-electron chi connectivity index (χ1n) is 30.9. The highest BCUT2D eigenvalue weighted by Crippen LogP contribution is 2.13. The van der Waals surface area contributed by atoms with Crippen molar-refractivity contribution in [3.05, 3.63) is 36.5 Å². The van der Waals surface area contributed by atoms with Crippen molar-refractivity contribution in [2.75, 3.05) is 33.0 Å². The van der Waals surface area contributed by atoms with Gasteiger partial charge in [-0.15, -0.1) is 0 Å². The maximum Gasteiger partial charge on any atom is 0.303 e. The third-order valence-electron chi connectivity index (χ3n) is 12.1. The van der Waals surface area contributed by atoms with Gasteiger partial charge in [0.15, 0.2) is 0 Å². The summed E-state index contributed by atoms with van der Waals surface area (Å²) in [4.78, 5) is 31.0. The minimum absolute atomic E-state index is 0.139. The second kappa shape index (κ2) is 82.1. The number of rotatable bonds is 50. The van der Waals surface area contributed by atoms with Crippen molar-refractivity contribution in [2.24, 2.45) is 0 Å². The minimum atomic E-state index is -0.954. The van der Waals surface area contributed by atoms with Gasteiger partial charge in [-0.25, -0.2) is 0 Å². The van der Waals surface area contributed by atoms with E-state index in [0.29, 0.717) is 19.3 Å². The molecule has 0 aliphatic carbocycles. The molecule has 14 nitrogen and oxygen atoms in total. The average molecular weight is 1110 g/mol. The molecule has 77 heavy (non-hydrogen) atoms. The number of hydrogen-bond donors (Lipinski definition) is 11. The highest BCUT2D eigenvalue weighted by Gasteiger charge is 1.99. The molecule has 0 aromatic carbocycles. The van der Waals surface area contributed by atoms with E-state index in [1.807, 2.05) is 0 Å². The molecule has 0 radical (unpaired) electrons. The molecule has 0 aromatic rings. The maximum absolute atomic E-state index is 10.3. The Kier molecular flexibility index (Phi) is 91.3. The molecule has 0 spiro atoms. The fourth-order valence-electron chi connectivity index (χ4n) is 7.16. The standard InChI is InChI=1S/3C18H34O2.2C3H8O3.C3H8O2/c3*1-2-3-4-5-6-7-8-9-10-11-12-13-14-15-16-17-18(19)20;2*4-1-3(6)2-5;1-3(5)2-4/h3*9-10H,2-8,11-17H2,1H3,(H,19,20);2*3-6H,1-2H2;3-5H,2H2,1H3/b3*10-9-;;;. The first-order valence-corrected chi connectivity index (χ1v) is 30.9. The molecular formula is C63H126O14. The van der Waals surface area contributed by atoms with E-state index in [2.05, 4.69) is 57.2 Å². The van der Waals surface area contributed by atoms with Gasteiger partial charge in [-0.2, -0.15) is 0 Å². The van der Waals surface area contributed by atoms with Crippen LogP contribution in [0, 0.1) is 0 Å². The quantitative estimate of drug-likeness (QED) is 0.0200. The Morgan fingerprint density at radius 2 is 0.442 bits per heavy atom. The van der Waals surface area contributed by atoms with Gasteiger partial charge in [-0.3, -0.25) is 14.4 Å². The van der Waals surface area contributed by atoms with Gasteiger partial charge in [-0.05, 0) is 103 Å². The van der Waals surface area contributed by atoms with Crippen LogP contribution < -0.4 is 0 Å². The summed E-state index contributed by atoms with van der Waals surface area (Å²) in [6.45, 7) is 6.71. The van der Waals surface area contributed by atoms with E-state index in [9.17, 15) is 14.4 Å². The number of unbranched alkanes of at least 4 members (excludes halogenated alkanes) is 33. The van der Waals surface area contributed by atoms with Crippen LogP contribution in [0.25, 0.3) is 0 Å². The SMILES string of the molecule is CC(O)CO.CCCCCCCC/C=C\CCCCCCCC(=O)O.CCCCCCCC/C=C\CCCCCCCC(=O)O.CCCCCCCC/C=C\CCCCCCCC(=O)O.OCC(O)CO.OCC(O)CO. The van der Waals surface area contributed by atoms with Crippen molar-refractivity contribution in [1.29, 1.82) is 0 Å². The van der Waals surface area contributed by atoms with Crippen molar-refractivity contribution >= 4 is 17.9 Å². The third kappa shape index (κ3) is 110. The number of carbonyl (C=O) groups is 3. The second-order valence-electron chi connectivity index (χ2n) is 20.3. The van der Waals surface area contributed by atoms with Gasteiger partial charge in [0, 0.05) is 19.3 Å². The van der Waals surface area contributed by atoms with Gasteiger partial charge in [-0.1, -0.05) is 211 Å². The molecule has 0 amide bonds. The Morgan fingerprint density at radius 1 is 0.286 bits per heavy atom. The zero-order chi connectivity index (χ0) is 58.9. The number of carboxylic acid groups (broad SMARTS) is 3. The first-order chi connectivity index (χ1) is 37.2. The van der Waals surface area contributed by atoms with Gasteiger partial charge in [0.25, 0.3) is 0 Å². The lowest BCUT2D eigenvalue weighted by molar-refractivity contribution is -0.138. The first kappa shape index (κ1) is 85.6. The van der Waals surface area contributed by atoms with E-state index < -0.39 is 36.2 Å². The van der Waals surface area contributed by atoms with Crippen LogP contribution in [0.4, 0.5) is 0 Å². The van der Waals surface area contributed by atoms with E-state index in [-0.39, 0.29) is 33.0 Å². The predicted molar refractivity (Wildman–Crippen MR) is 320 cm³/mol. The van der Waals surface area contributed by atoms with E-state index in [1.165, 1.54) is 219 Å². The van der Waals surface area contributed by atoms with E-state index in [1.54, 1.807) is 0 Å². The van der Waals surface area contributed by atoms with Crippen LogP contribution in [0.1, 0.15) is 297 Å². The predicted octanol–water partition coefficient (Wildman–Crippen LogP) is 14.3. The van der Waals surface area contributed by atoms with Gasteiger partial charge < -0.3 is 56.2 Å². The summed E-state index contributed by atoms with van der Waals surface area (Å²) < 4.78 is 0. The van der Waals surface area contributed by atoms with E-state index >= 15 is 0 Å². The van der Waals surface area contributed by atoms with E-state index in [0.717, 1.165) is 38.5 Å². The highest BCUT2D eigenvalue weighted by molar-refractivity contribution is 5.67. The van der Waals surface area contributed by atoms with Crippen LogP contribution >= 0.6 is 0 Å². The van der Waals surface area contributed by atoms with Crippen LogP contribution in [0.15, 0.2) is 36.5 Å². The number of allylic oxidation sites excluding steroid dienone is 6. The molecule has 0 saturated heterocycles. The smallest absolute Gasteiger partial charge is 0.303 e. The number of carboxylic acids is 3. The molecule has 0 aliphatic heterocycles. The summed E-state index contributed by atoms with van der Waals surface area (Å²) >= 11 is 0. The molecule has 0 saturated carbocycles.